The third kappa shape index (κ3) is 4.35. The summed E-state index contributed by atoms with van der Waals surface area (Å²) in [4.78, 5) is 0. The van der Waals surface area contributed by atoms with Gasteiger partial charge in [-0.25, -0.2) is 0 Å². The molecule has 70 valence electrons. The number of hydrogen-bond acceptors (Lipinski definition) is 3. The Labute approximate surface area is 68.7 Å². The lowest BCUT2D eigenvalue weighted by Gasteiger charge is -2.24. The second-order valence-corrected chi connectivity index (χ2v) is 2.33. The fourth-order valence-corrected chi connectivity index (χ4v) is 0.485. The maximum Gasteiger partial charge on any atom is 0.0531 e. The van der Waals surface area contributed by atoms with Crippen LogP contribution in [0.2, 0.25) is 0 Å². The van der Waals surface area contributed by atoms with Crippen molar-refractivity contribution in [2.24, 2.45) is 5.41 Å². The van der Waals surface area contributed by atoms with Crippen molar-refractivity contribution >= 4 is 0 Å². The summed E-state index contributed by atoms with van der Waals surface area (Å²) in [5.41, 5.74) is -0.667. The van der Waals surface area contributed by atoms with Crippen LogP contribution in [0.1, 0.15) is 27.2 Å². The summed E-state index contributed by atoms with van der Waals surface area (Å²) < 4.78 is 0. The Kier molecular flexibility index (Phi) is 9.77. The summed E-state index contributed by atoms with van der Waals surface area (Å²) in [5, 5.41) is 26.0. The van der Waals surface area contributed by atoms with Gasteiger partial charge in [0.05, 0.1) is 19.8 Å². The van der Waals surface area contributed by atoms with E-state index in [1.54, 1.807) is 0 Å². The van der Waals surface area contributed by atoms with Crippen LogP contribution < -0.4 is 0 Å². The van der Waals surface area contributed by atoms with Crippen LogP contribution in [0.15, 0.2) is 0 Å². The van der Waals surface area contributed by atoms with Crippen LogP contribution in [-0.4, -0.2) is 35.1 Å². The summed E-state index contributed by atoms with van der Waals surface area (Å²) in [6.45, 7) is 5.35. The number of hydrogen-bond donors (Lipinski definition) is 3. The van der Waals surface area contributed by atoms with E-state index in [-0.39, 0.29) is 19.8 Å². The monoisotopic (exact) mass is 164 g/mol. The van der Waals surface area contributed by atoms with Gasteiger partial charge < -0.3 is 15.3 Å². The Balaban J connectivity index is 0. The van der Waals surface area contributed by atoms with Gasteiger partial charge in [0.1, 0.15) is 0 Å². The zero-order valence-electron chi connectivity index (χ0n) is 7.67. The van der Waals surface area contributed by atoms with Crippen LogP contribution in [0.3, 0.4) is 0 Å². The zero-order valence-corrected chi connectivity index (χ0v) is 7.67. The second kappa shape index (κ2) is 7.98. The molecule has 0 radical (unpaired) electrons. The average Bonchev–Trinajstić information content (AvgIpc) is 2.13. The molecule has 3 N–H and O–H groups in total. The molecule has 0 aromatic carbocycles. The predicted molar refractivity (Wildman–Crippen MR) is 45.3 cm³/mol. The van der Waals surface area contributed by atoms with Crippen LogP contribution in [-0.2, 0) is 0 Å². The van der Waals surface area contributed by atoms with Gasteiger partial charge in [-0.1, -0.05) is 20.8 Å². The van der Waals surface area contributed by atoms with Crippen molar-refractivity contribution in [2.75, 3.05) is 19.8 Å². The van der Waals surface area contributed by atoms with Crippen LogP contribution in [0.5, 0.6) is 0 Å². The lowest BCUT2D eigenvalue weighted by atomic mass is 9.88. The lowest BCUT2D eigenvalue weighted by Crippen LogP contribution is -2.32. The van der Waals surface area contributed by atoms with E-state index in [1.807, 2.05) is 20.8 Å². The molecular formula is C8H20O3. The minimum absolute atomic E-state index is 0.156. The van der Waals surface area contributed by atoms with Crippen molar-refractivity contribution in [3.63, 3.8) is 0 Å². The zero-order chi connectivity index (χ0) is 9.33. The Bertz CT molecular complexity index is 52.2. The lowest BCUT2D eigenvalue weighted by molar-refractivity contribution is 0.00304. The number of rotatable bonds is 4. The minimum atomic E-state index is -0.667. The van der Waals surface area contributed by atoms with Crippen molar-refractivity contribution < 1.29 is 15.3 Å². The first-order chi connectivity index (χ1) is 5.24. The van der Waals surface area contributed by atoms with E-state index < -0.39 is 5.41 Å². The molecule has 0 heterocycles. The maximum atomic E-state index is 8.66. The quantitative estimate of drug-likeness (QED) is 0.563. The van der Waals surface area contributed by atoms with Crippen LogP contribution >= 0.6 is 0 Å². The fraction of sp³-hybridized carbons (Fsp3) is 1.00. The molecule has 3 heteroatoms. The van der Waals surface area contributed by atoms with E-state index >= 15 is 0 Å². The van der Waals surface area contributed by atoms with Crippen molar-refractivity contribution in [3.05, 3.63) is 0 Å². The minimum Gasteiger partial charge on any atom is -0.396 e. The molecule has 0 atom stereocenters. The van der Waals surface area contributed by atoms with Crippen molar-refractivity contribution in [2.45, 2.75) is 27.2 Å². The Morgan fingerprint density at radius 3 is 1.18 bits per heavy atom. The van der Waals surface area contributed by atoms with Crippen molar-refractivity contribution in [3.8, 4) is 0 Å². The molecule has 0 aromatic heterocycles. The molecule has 0 bridgehead atoms. The molecule has 0 aliphatic carbocycles. The Morgan fingerprint density at radius 2 is 1.18 bits per heavy atom. The number of aliphatic hydroxyl groups excluding tert-OH is 3. The SMILES string of the molecule is CC.CCC(CO)(CO)CO. The molecule has 0 amide bonds. The molecule has 0 unspecified atom stereocenters. The van der Waals surface area contributed by atoms with Gasteiger partial charge in [0.15, 0.2) is 0 Å². The second-order valence-electron chi connectivity index (χ2n) is 2.33. The average molecular weight is 164 g/mol. The predicted octanol–water partition coefficient (Wildman–Crippen LogP) is 0.386. The highest BCUT2D eigenvalue weighted by molar-refractivity contribution is 4.74. The summed E-state index contributed by atoms with van der Waals surface area (Å²) in [6, 6.07) is 0. The van der Waals surface area contributed by atoms with Crippen molar-refractivity contribution in [1.29, 1.82) is 0 Å². The molecule has 0 aromatic rings. The standard InChI is InChI=1S/C6H14O3.C2H6/c1-2-6(3-7,4-8)5-9;1-2/h7-9H,2-5H2,1H3;1-2H3. The van der Waals surface area contributed by atoms with E-state index in [0.29, 0.717) is 6.42 Å². The highest BCUT2D eigenvalue weighted by Gasteiger charge is 2.24. The summed E-state index contributed by atoms with van der Waals surface area (Å²) in [6.07, 6.45) is 0.594. The van der Waals surface area contributed by atoms with E-state index in [2.05, 4.69) is 0 Å². The fourth-order valence-electron chi connectivity index (χ4n) is 0.485. The van der Waals surface area contributed by atoms with E-state index in [1.165, 1.54) is 0 Å². The van der Waals surface area contributed by atoms with Crippen LogP contribution in [0.25, 0.3) is 0 Å². The van der Waals surface area contributed by atoms with Crippen LogP contribution in [0, 0.1) is 5.41 Å². The molecule has 3 nitrogen and oxygen atoms in total. The maximum absolute atomic E-state index is 8.66. The van der Waals surface area contributed by atoms with Gasteiger partial charge in [-0.05, 0) is 6.42 Å². The van der Waals surface area contributed by atoms with E-state index in [4.69, 9.17) is 15.3 Å². The van der Waals surface area contributed by atoms with E-state index in [9.17, 15) is 0 Å². The van der Waals surface area contributed by atoms with Gasteiger partial charge in [0, 0.05) is 5.41 Å². The van der Waals surface area contributed by atoms with Gasteiger partial charge in [-0.3, -0.25) is 0 Å². The summed E-state index contributed by atoms with van der Waals surface area (Å²) in [5.74, 6) is 0. The normalized spacial score (nSPS) is 10.4. The molecule has 0 saturated heterocycles. The first kappa shape index (κ1) is 13.5. The van der Waals surface area contributed by atoms with Gasteiger partial charge >= 0.3 is 0 Å². The van der Waals surface area contributed by atoms with Gasteiger partial charge in [0.2, 0.25) is 0 Å². The molecule has 11 heavy (non-hydrogen) atoms. The first-order valence-corrected chi connectivity index (χ1v) is 4.07. The molecular weight excluding hydrogens is 144 g/mol. The molecule has 0 rings (SSSR count). The Hall–Kier alpha value is -0.120. The van der Waals surface area contributed by atoms with E-state index in [0.717, 1.165) is 0 Å². The highest BCUT2D eigenvalue weighted by atomic mass is 16.3. The smallest absolute Gasteiger partial charge is 0.0531 e. The van der Waals surface area contributed by atoms with Gasteiger partial charge in [-0.2, -0.15) is 0 Å². The molecule has 0 aliphatic heterocycles. The third-order valence-electron chi connectivity index (χ3n) is 1.76. The van der Waals surface area contributed by atoms with Crippen LogP contribution in [0.4, 0.5) is 0 Å². The molecule has 0 fully saturated rings. The molecule has 0 saturated carbocycles. The van der Waals surface area contributed by atoms with Gasteiger partial charge in [0.25, 0.3) is 0 Å². The van der Waals surface area contributed by atoms with Crippen molar-refractivity contribution in [1.82, 2.24) is 0 Å². The third-order valence-corrected chi connectivity index (χ3v) is 1.76. The number of aliphatic hydroxyl groups is 3. The largest absolute Gasteiger partial charge is 0.396 e. The summed E-state index contributed by atoms with van der Waals surface area (Å²) in [7, 11) is 0. The van der Waals surface area contributed by atoms with Gasteiger partial charge in [-0.15, -0.1) is 0 Å². The summed E-state index contributed by atoms with van der Waals surface area (Å²) >= 11 is 0. The highest BCUT2D eigenvalue weighted by Crippen LogP contribution is 2.18. The first-order valence-electron chi connectivity index (χ1n) is 4.07. The topological polar surface area (TPSA) is 60.7 Å². The Morgan fingerprint density at radius 1 is 0.909 bits per heavy atom. The molecule has 0 spiro atoms. The molecule has 0 aliphatic rings.